The number of ether oxygens (including phenoxy) is 1. The summed E-state index contributed by atoms with van der Waals surface area (Å²) < 4.78 is 5.65. The highest BCUT2D eigenvalue weighted by molar-refractivity contribution is 5.93. The van der Waals surface area contributed by atoms with Crippen molar-refractivity contribution in [2.75, 3.05) is 46.2 Å². The molecule has 2 aromatic carbocycles. The SMILES string of the molecule is C=C(CN(C)C)NC(=O)C12CC1c1cc(OC)ccc1/C=C(\C(CCC)CCC)c1ccccc1N(C)C2. The highest BCUT2D eigenvalue weighted by atomic mass is 16.5. The number of anilines is 1. The molecule has 2 atom stereocenters. The first-order valence-electron chi connectivity index (χ1n) is 14.1. The second-order valence-corrected chi connectivity index (χ2v) is 11.5. The van der Waals surface area contributed by atoms with Crippen LogP contribution < -0.4 is 15.0 Å². The largest absolute Gasteiger partial charge is 0.497 e. The molecule has 1 saturated carbocycles. The Hall–Kier alpha value is -3.05. The van der Waals surface area contributed by atoms with Crippen molar-refractivity contribution in [1.29, 1.82) is 0 Å². The Morgan fingerprint density at radius 1 is 1.18 bits per heavy atom. The zero-order valence-corrected chi connectivity index (χ0v) is 24.1. The molecule has 2 aliphatic rings. The molecule has 0 radical (unpaired) electrons. The summed E-state index contributed by atoms with van der Waals surface area (Å²) in [6, 6.07) is 15.1. The van der Waals surface area contributed by atoms with Gasteiger partial charge in [-0.2, -0.15) is 0 Å². The van der Waals surface area contributed by atoms with E-state index in [4.69, 9.17) is 4.74 Å². The van der Waals surface area contributed by atoms with Gasteiger partial charge in [0.25, 0.3) is 0 Å². The topological polar surface area (TPSA) is 44.8 Å². The highest BCUT2D eigenvalue weighted by Gasteiger charge is 2.61. The second kappa shape index (κ2) is 11.8. The highest BCUT2D eigenvalue weighted by Crippen LogP contribution is 2.62. The number of benzene rings is 2. The minimum atomic E-state index is -0.532. The fourth-order valence-electron chi connectivity index (χ4n) is 6.32. The fourth-order valence-corrected chi connectivity index (χ4v) is 6.32. The number of nitrogens with one attached hydrogen (secondary N) is 1. The molecule has 38 heavy (non-hydrogen) atoms. The van der Waals surface area contributed by atoms with Gasteiger partial charge >= 0.3 is 0 Å². The fraction of sp³-hybridized carbons (Fsp3) is 0.485. The number of allylic oxidation sites excluding steroid dienone is 1. The van der Waals surface area contributed by atoms with Gasteiger partial charge in [-0.3, -0.25) is 4.79 Å². The quantitative estimate of drug-likeness (QED) is 0.389. The molecule has 0 bridgehead atoms. The second-order valence-electron chi connectivity index (χ2n) is 11.5. The predicted molar refractivity (Wildman–Crippen MR) is 160 cm³/mol. The molecule has 0 saturated heterocycles. The van der Waals surface area contributed by atoms with E-state index < -0.39 is 5.41 Å². The van der Waals surface area contributed by atoms with Gasteiger partial charge in [0.05, 0.1) is 12.5 Å². The Kier molecular flexibility index (Phi) is 8.67. The van der Waals surface area contributed by atoms with Gasteiger partial charge in [0, 0.05) is 43.0 Å². The maximum atomic E-state index is 13.9. The van der Waals surface area contributed by atoms with Crippen molar-refractivity contribution in [3.8, 4) is 5.75 Å². The maximum absolute atomic E-state index is 13.9. The first-order chi connectivity index (χ1) is 18.2. The number of likely N-dealkylation sites (N-methyl/N-ethyl adjacent to an activating group) is 1. The normalized spacial score (nSPS) is 21.6. The average molecular weight is 516 g/mol. The number of methoxy groups -OCH3 is 1. The molecule has 5 heteroatoms. The van der Waals surface area contributed by atoms with Crippen molar-refractivity contribution >= 4 is 23.2 Å². The Morgan fingerprint density at radius 2 is 1.89 bits per heavy atom. The van der Waals surface area contributed by atoms with Crippen LogP contribution in [0.5, 0.6) is 5.75 Å². The van der Waals surface area contributed by atoms with Crippen molar-refractivity contribution in [1.82, 2.24) is 10.2 Å². The summed E-state index contributed by atoms with van der Waals surface area (Å²) in [4.78, 5) is 18.2. The number of hydrogen-bond acceptors (Lipinski definition) is 4. The average Bonchev–Trinajstić information content (AvgIpc) is 3.61. The van der Waals surface area contributed by atoms with Crippen LogP contribution in [0.25, 0.3) is 11.6 Å². The molecule has 1 heterocycles. The summed E-state index contributed by atoms with van der Waals surface area (Å²) >= 11 is 0. The smallest absolute Gasteiger partial charge is 0.232 e. The van der Waals surface area contributed by atoms with Crippen LogP contribution in [0.1, 0.15) is 68.6 Å². The lowest BCUT2D eigenvalue weighted by atomic mass is 9.82. The predicted octanol–water partition coefficient (Wildman–Crippen LogP) is 6.57. The van der Waals surface area contributed by atoms with E-state index in [0.29, 0.717) is 19.0 Å². The molecular formula is C33H45N3O2. The van der Waals surface area contributed by atoms with Crippen molar-refractivity contribution in [3.63, 3.8) is 0 Å². The van der Waals surface area contributed by atoms with E-state index in [0.717, 1.165) is 43.6 Å². The Morgan fingerprint density at radius 3 is 2.55 bits per heavy atom. The van der Waals surface area contributed by atoms with Crippen LogP contribution in [0.3, 0.4) is 0 Å². The molecule has 1 fully saturated rings. The standard InChI is InChI=1S/C33H45N3O2/c1-8-12-24(13-9-2)28-18-25-16-17-26(38-7)19-29(25)30-20-33(30,32(37)34-23(3)21-35(4)5)22-36(6)31-15-11-10-14-27(28)31/h10-11,14-19,24,30H,3,8-9,12-13,20-22H2,1-2,4-7H3,(H,34,37)/b28-18+. The van der Waals surface area contributed by atoms with E-state index in [1.54, 1.807) is 7.11 Å². The lowest BCUT2D eigenvalue weighted by molar-refractivity contribution is -0.125. The van der Waals surface area contributed by atoms with Crippen LogP contribution in [0.15, 0.2) is 54.7 Å². The molecule has 1 aliphatic carbocycles. The van der Waals surface area contributed by atoms with Gasteiger partial charge in [-0.15, -0.1) is 0 Å². The molecule has 0 spiro atoms. The number of fused-ring (bicyclic) bond motifs is 4. The molecule has 4 rings (SSSR count). The zero-order valence-electron chi connectivity index (χ0n) is 24.1. The Bertz CT molecular complexity index is 1190. The summed E-state index contributed by atoms with van der Waals surface area (Å²) in [7, 11) is 7.82. The number of carbonyl (C=O) groups is 1. The third kappa shape index (κ3) is 5.68. The molecule has 2 unspecified atom stereocenters. The van der Waals surface area contributed by atoms with Crippen LogP contribution in [-0.4, -0.2) is 52.1 Å². The lowest BCUT2D eigenvalue weighted by Gasteiger charge is -2.32. The molecule has 204 valence electrons. The molecule has 0 aromatic heterocycles. The maximum Gasteiger partial charge on any atom is 0.232 e. The van der Waals surface area contributed by atoms with Crippen LogP contribution >= 0.6 is 0 Å². The third-order valence-electron chi connectivity index (χ3n) is 8.16. The van der Waals surface area contributed by atoms with Gasteiger partial charge in [-0.05, 0) is 74.2 Å². The third-order valence-corrected chi connectivity index (χ3v) is 8.16. The van der Waals surface area contributed by atoms with Gasteiger partial charge in [-0.25, -0.2) is 0 Å². The molecule has 5 nitrogen and oxygen atoms in total. The van der Waals surface area contributed by atoms with Gasteiger partial charge in [0.15, 0.2) is 0 Å². The number of hydrogen-bond donors (Lipinski definition) is 1. The molecular weight excluding hydrogens is 470 g/mol. The van der Waals surface area contributed by atoms with E-state index in [2.05, 4.69) is 86.2 Å². The van der Waals surface area contributed by atoms with E-state index in [-0.39, 0.29) is 11.8 Å². The Balaban J connectivity index is 1.88. The number of carbonyl (C=O) groups excluding carboxylic acids is 1. The van der Waals surface area contributed by atoms with Gasteiger partial charge in [0.2, 0.25) is 5.91 Å². The number of rotatable bonds is 10. The Labute approximate surface area is 229 Å². The summed E-state index contributed by atoms with van der Waals surface area (Å²) in [5.74, 6) is 1.49. The van der Waals surface area contributed by atoms with Crippen molar-refractivity contribution in [2.24, 2.45) is 11.3 Å². The van der Waals surface area contributed by atoms with E-state index in [1.165, 1.54) is 28.0 Å². The summed E-state index contributed by atoms with van der Waals surface area (Å²) in [6.07, 6.45) is 7.84. The summed E-state index contributed by atoms with van der Waals surface area (Å²) in [6.45, 7) is 9.96. The first-order valence-corrected chi connectivity index (χ1v) is 14.1. The number of para-hydroxylation sites is 1. The minimum absolute atomic E-state index is 0.0621. The minimum Gasteiger partial charge on any atom is -0.497 e. The van der Waals surface area contributed by atoms with E-state index in [1.807, 2.05) is 19.0 Å². The van der Waals surface area contributed by atoms with Crippen molar-refractivity contribution in [3.05, 3.63) is 71.4 Å². The van der Waals surface area contributed by atoms with E-state index >= 15 is 0 Å². The van der Waals surface area contributed by atoms with Gasteiger partial charge in [-0.1, -0.05) is 63.6 Å². The monoisotopic (exact) mass is 515 g/mol. The molecule has 1 aliphatic heterocycles. The van der Waals surface area contributed by atoms with Crippen LogP contribution in [0, 0.1) is 11.3 Å². The van der Waals surface area contributed by atoms with Crippen LogP contribution in [-0.2, 0) is 4.79 Å². The molecule has 1 N–H and O–H groups in total. The lowest BCUT2D eigenvalue weighted by Crippen LogP contribution is -2.41. The zero-order chi connectivity index (χ0) is 27.4. The summed E-state index contributed by atoms with van der Waals surface area (Å²) in [5, 5.41) is 3.16. The summed E-state index contributed by atoms with van der Waals surface area (Å²) in [5.41, 5.74) is 6.47. The molecule has 1 amide bonds. The molecule has 2 aromatic rings. The van der Waals surface area contributed by atoms with Crippen LogP contribution in [0.4, 0.5) is 5.69 Å². The van der Waals surface area contributed by atoms with E-state index in [9.17, 15) is 4.79 Å². The van der Waals surface area contributed by atoms with Crippen molar-refractivity contribution in [2.45, 2.75) is 51.9 Å². The van der Waals surface area contributed by atoms with Crippen LogP contribution in [0.2, 0.25) is 0 Å². The number of amides is 1. The first kappa shape index (κ1) is 28.0. The number of nitrogens with zero attached hydrogens (tertiary/aromatic N) is 2. The van der Waals surface area contributed by atoms with Crippen molar-refractivity contribution < 1.29 is 9.53 Å². The van der Waals surface area contributed by atoms with Gasteiger partial charge < -0.3 is 19.9 Å². The van der Waals surface area contributed by atoms with Gasteiger partial charge in [0.1, 0.15) is 5.75 Å².